The molecule has 29 heavy (non-hydrogen) atoms. The first-order valence-corrected chi connectivity index (χ1v) is 8.94. The number of nitrogens with zero attached hydrogens (tertiary/aromatic N) is 1. The summed E-state index contributed by atoms with van der Waals surface area (Å²) in [4.78, 5) is 4.46. The normalized spacial score (nSPS) is 10.9. The number of guanidine groups is 1. The van der Waals surface area contributed by atoms with Crippen LogP contribution in [0.1, 0.15) is 12.5 Å². The number of benzene rings is 2. The van der Waals surface area contributed by atoms with Gasteiger partial charge >= 0.3 is 6.61 Å². The second-order valence-electron chi connectivity index (χ2n) is 5.65. The van der Waals surface area contributed by atoms with Gasteiger partial charge in [0.25, 0.3) is 0 Å². The molecule has 2 rings (SSSR count). The summed E-state index contributed by atoms with van der Waals surface area (Å²) in [7, 11) is 1.40. The molecule has 2 aromatic rings. The largest absolute Gasteiger partial charge is 0.493 e. The van der Waals surface area contributed by atoms with Crippen LogP contribution in [0.2, 0.25) is 0 Å². The third-order valence-corrected chi connectivity index (χ3v) is 3.61. The maximum Gasteiger partial charge on any atom is 0.387 e. The van der Waals surface area contributed by atoms with Crippen molar-refractivity contribution in [2.75, 3.05) is 26.8 Å². The molecule has 0 fully saturated rings. The molecular weight excluding hydrogens is 495 g/mol. The number of ether oxygens (including phenoxy) is 3. The van der Waals surface area contributed by atoms with Gasteiger partial charge in [-0.15, -0.1) is 24.0 Å². The highest BCUT2D eigenvalue weighted by Gasteiger charge is 2.11. The second kappa shape index (κ2) is 13.8. The Morgan fingerprint density at radius 3 is 2.48 bits per heavy atom. The zero-order valence-electron chi connectivity index (χ0n) is 16.4. The van der Waals surface area contributed by atoms with Crippen LogP contribution in [0.4, 0.5) is 8.78 Å². The molecule has 0 saturated carbocycles. The van der Waals surface area contributed by atoms with Crippen molar-refractivity contribution in [1.29, 1.82) is 0 Å². The molecule has 0 bridgehead atoms. The summed E-state index contributed by atoms with van der Waals surface area (Å²) in [6, 6.07) is 14.4. The van der Waals surface area contributed by atoms with Gasteiger partial charge in [-0.1, -0.05) is 24.3 Å². The van der Waals surface area contributed by atoms with Crippen LogP contribution < -0.4 is 24.8 Å². The predicted molar refractivity (Wildman–Crippen MR) is 120 cm³/mol. The topological polar surface area (TPSA) is 64.1 Å². The Hall–Kier alpha value is -2.30. The van der Waals surface area contributed by atoms with Crippen molar-refractivity contribution < 1.29 is 23.0 Å². The summed E-state index contributed by atoms with van der Waals surface area (Å²) in [5.74, 6) is 1.64. The maximum atomic E-state index is 12.5. The third kappa shape index (κ3) is 9.16. The van der Waals surface area contributed by atoms with Gasteiger partial charge in [0, 0.05) is 6.54 Å². The minimum Gasteiger partial charge on any atom is -0.493 e. The standard InChI is InChI=1S/C20H25F2N3O3.HI/c1-3-23-20(24-11-12-27-16-7-5-4-6-8-16)25-14-15-9-10-17(26-2)18(13-15)28-19(21)22;/h4-10,13,19H,3,11-12,14H2,1-2H3,(H2,23,24,25);1H. The molecule has 0 aliphatic carbocycles. The zero-order chi connectivity index (χ0) is 20.2. The molecule has 0 aliphatic heterocycles. The fraction of sp³-hybridized carbons (Fsp3) is 0.350. The summed E-state index contributed by atoms with van der Waals surface area (Å²) in [5.41, 5.74) is 0.717. The minimum atomic E-state index is -2.92. The van der Waals surface area contributed by atoms with Crippen LogP contribution in [0.25, 0.3) is 0 Å². The Morgan fingerprint density at radius 1 is 1.07 bits per heavy atom. The minimum absolute atomic E-state index is 0. The molecule has 2 N–H and O–H groups in total. The lowest BCUT2D eigenvalue weighted by atomic mass is 10.2. The molecule has 0 unspecified atom stereocenters. The third-order valence-electron chi connectivity index (χ3n) is 3.61. The Balaban J connectivity index is 0.00000420. The van der Waals surface area contributed by atoms with Crippen molar-refractivity contribution in [3.63, 3.8) is 0 Å². The Bertz CT molecular complexity index is 749. The van der Waals surface area contributed by atoms with E-state index in [2.05, 4.69) is 20.4 Å². The number of alkyl halides is 2. The number of rotatable bonds is 10. The van der Waals surface area contributed by atoms with Crippen LogP contribution in [-0.2, 0) is 6.54 Å². The van der Waals surface area contributed by atoms with Gasteiger partial charge in [-0.05, 0) is 36.8 Å². The maximum absolute atomic E-state index is 12.5. The Kier molecular flexibility index (Phi) is 11.8. The summed E-state index contributed by atoms with van der Waals surface area (Å²) < 4.78 is 40.2. The number of halogens is 3. The van der Waals surface area contributed by atoms with E-state index in [4.69, 9.17) is 9.47 Å². The molecule has 0 aliphatic rings. The van der Waals surface area contributed by atoms with Crippen LogP contribution in [0.3, 0.4) is 0 Å². The predicted octanol–water partition coefficient (Wildman–Crippen LogP) is 4.05. The summed E-state index contributed by atoms with van der Waals surface area (Å²) in [6.07, 6.45) is 0. The molecule has 0 aromatic heterocycles. The van der Waals surface area contributed by atoms with E-state index in [-0.39, 0.29) is 35.5 Å². The molecule has 160 valence electrons. The van der Waals surface area contributed by atoms with Gasteiger partial charge in [0.05, 0.1) is 20.2 Å². The van der Waals surface area contributed by atoms with Crippen LogP contribution >= 0.6 is 24.0 Å². The van der Waals surface area contributed by atoms with Crippen molar-refractivity contribution in [3.05, 3.63) is 54.1 Å². The summed E-state index contributed by atoms with van der Waals surface area (Å²) in [6.45, 7) is 1.05. The van der Waals surface area contributed by atoms with E-state index in [1.54, 1.807) is 12.1 Å². The number of aliphatic imine (C=N–C) groups is 1. The molecule has 0 radical (unpaired) electrons. The Morgan fingerprint density at radius 2 is 1.83 bits per heavy atom. The smallest absolute Gasteiger partial charge is 0.387 e. The molecule has 0 spiro atoms. The van der Waals surface area contributed by atoms with Crippen molar-refractivity contribution in [2.24, 2.45) is 4.99 Å². The highest BCUT2D eigenvalue weighted by atomic mass is 127. The lowest BCUT2D eigenvalue weighted by Gasteiger charge is -2.13. The van der Waals surface area contributed by atoms with E-state index in [0.717, 1.165) is 5.75 Å². The molecule has 0 heterocycles. The Labute approximate surface area is 186 Å². The number of hydrogen-bond donors (Lipinski definition) is 2. The molecule has 0 amide bonds. The SMILES string of the molecule is CCNC(=NCc1ccc(OC)c(OC(F)F)c1)NCCOc1ccccc1.I. The van der Waals surface area contributed by atoms with E-state index < -0.39 is 6.61 Å². The van der Waals surface area contributed by atoms with E-state index >= 15 is 0 Å². The monoisotopic (exact) mass is 521 g/mol. The number of para-hydroxylation sites is 1. The van der Waals surface area contributed by atoms with E-state index in [1.165, 1.54) is 13.2 Å². The van der Waals surface area contributed by atoms with E-state index in [9.17, 15) is 8.78 Å². The van der Waals surface area contributed by atoms with Gasteiger partial charge in [0.15, 0.2) is 17.5 Å². The van der Waals surface area contributed by atoms with Gasteiger partial charge in [-0.3, -0.25) is 0 Å². The number of hydrogen-bond acceptors (Lipinski definition) is 4. The zero-order valence-corrected chi connectivity index (χ0v) is 18.7. The number of nitrogens with one attached hydrogen (secondary N) is 2. The van der Waals surface area contributed by atoms with E-state index in [1.807, 2.05) is 37.3 Å². The molecule has 0 saturated heterocycles. The molecule has 9 heteroatoms. The molecule has 2 aromatic carbocycles. The fourth-order valence-corrected chi connectivity index (χ4v) is 2.37. The van der Waals surface area contributed by atoms with Crippen LogP contribution in [0, 0.1) is 0 Å². The lowest BCUT2D eigenvalue weighted by Crippen LogP contribution is -2.39. The fourth-order valence-electron chi connectivity index (χ4n) is 2.37. The van der Waals surface area contributed by atoms with Crippen LogP contribution in [-0.4, -0.2) is 39.4 Å². The quantitative estimate of drug-likeness (QED) is 0.214. The van der Waals surface area contributed by atoms with Crippen molar-refractivity contribution in [3.8, 4) is 17.2 Å². The molecule has 0 atom stereocenters. The second-order valence-corrected chi connectivity index (χ2v) is 5.65. The first-order valence-electron chi connectivity index (χ1n) is 8.94. The van der Waals surface area contributed by atoms with Gasteiger partial charge < -0.3 is 24.8 Å². The lowest BCUT2D eigenvalue weighted by molar-refractivity contribution is -0.0512. The van der Waals surface area contributed by atoms with E-state index in [0.29, 0.717) is 37.8 Å². The van der Waals surface area contributed by atoms with Gasteiger partial charge in [-0.2, -0.15) is 8.78 Å². The highest BCUT2D eigenvalue weighted by molar-refractivity contribution is 14.0. The van der Waals surface area contributed by atoms with Crippen molar-refractivity contribution in [1.82, 2.24) is 10.6 Å². The average Bonchev–Trinajstić information content (AvgIpc) is 2.69. The van der Waals surface area contributed by atoms with Gasteiger partial charge in [0.2, 0.25) is 0 Å². The van der Waals surface area contributed by atoms with Crippen molar-refractivity contribution in [2.45, 2.75) is 20.1 Å². The molecular formula is C20H26F2IN3O3. The first kappa shape index (κ1) is 24.7. The van der Waals surface area contributed by atoms with Crippen LogP contribution in [0.5, 0.6) is 17.2 Å². The molecule has 6 nitrogen and oxygen atoms in total. The highest BCUT2D eigenvalue weighted by Crippen LogP contribution is 2.29. The average molecular weight is 521 g/mol. The first-order chi connectivity index (χ1) is 13.6. The number of methoxy groups -OCH3 is 1. The summed E-state index contributed by atoms with van der Waals surface area (Å²) >= 11 is 0. The van der Waals surface area contributed by atoms with Crippen LogP contribution in [0.15, 0.2) is 53.5 Å². The summed E-state index contributed by atoms with van der Waals surface area (Å²) in [5, 5.41) is 6.30. The van der Waals surface area contributed by atoms with Gasteiger partial charge in [-0.25, -0.2) is 4.99 Å². The van der Waals surface area contributed by atoms with Crippen molar-refractivity contribution >= 4 is 29.9 Å². The van der Waals surface area contributed by atoms with Gasteiger partial charge in [0.1, 0.15) is 12.4 Å².